The Morgan fingerprint density at radius 3 is 2.56 bits per heavy atom. The summed E-state index contributed by atoms with van der Waals surface area (Å²) in [4.78, 5) is 14.7. The zero-order valence-corrected chi connectivity index (χ0v) is 17.5. The summed E-state index contributed by atoms with van der Waals surface area (Å²) in [6, 6.07) is 10.4. The lowest BCUT2D eigenvalue weighted by molar-refractivity contribution is -0.120. The molecule has 5 heteroatoms. The van der Waals surface area contributed by atoms with Gasteiger partial charge in [0, 0.05) is 43.1 Å². The van der Waals surface area contributed by atoms with Gasteiger partial charge in [-0.3, -0.25) is 9.48 Å². The van der Waals surface area contributed by atoms with E-state index in [1.54, 1.807) is 0 Å². The number of hydrogen-bond donors (Lipinski definition) is 1. The lowest BCUT2D eigenvalue weighted by Crippen LogP contribution is -2.30. The Kier molecular flexibility index (Phi) is 7.89. The fraction of sp³-hybridized carbons (Fsp3) is 0.545. The molecule has 0 atom stereocenters. The van der Waals surface area contributed by atoms with Gasteiger partial charge in [-0.25, -0.2) is 0 Å². The first-order chi connectivity index (χ1) is 12.9. The summed E-state index contributed by atoms with van der Waals surface area (Å²) in [5, 5.41) is 7.66. The summed E-state index contributed by atoms with van der Waals surface area (Å²) in [6.07, 6.45) is 1.34. The molecule has 2 aromatic rings. The summed E-state index contributed by atoms with van der Waals surface area (Å²) >= 11 is 0. The third-order valence-electron chi connectivity index (χ3n) is 4.84. The molecule has 0 aliphatic carbocycles. The molecule has 1 heterocycles. The van der Waals surface area contributed by atoms with Crippen molar-refractivity contribution >= 4 is 11.6 Å². The van der Waals surface area contributed by atoms with E-state index in [1.165, 1.54) is 5.69 Å². The molecule has 0 saturated heterocycles. The molecule has 0 fully saturated rings. The third kappa shape index (κ3) is 6.12. The van der Waals surface area contributed by atoms with Gasteiger partial charge >= 0.3 is 0 Å². The first-order valence-corrected chi connectivity index (χ1v) is 10.0. The Balaban J connectivity index is 1.80. The Bertz CT molecular complexity index is 721. The van der Waals surface area contributed by atoms with Gasteiger partial charge in [0.05, 0.1) is 12.1 Å². The predicted molar refractivity (Wildman–Crippen MR) is 112 cm³/mol. The van der Waals surface area contributed by atoms with Crippen LogP contribution in [0, 0.1) is 19.8 Å². The molecule has 148 valence electrons. The van der Waals surface area contributed by atoms with Crippen molar-refractivity contribution in [1.82, 2.24) is 15.1 Å². The van der Waals surface area contributed by atoms with E-state index in [1.807, 2.05) is 17.7 Å². The molecule has 0 bridgehead atoms. The molecule has 1 amide bonds. The molecule has 27 heavy (non-hydrogen) atoms. The zero-order valence-electron chi connectivity index (χ0n) is 17.5. The second-order valence-corrected chi connectivity index (χ2v) is 7.52. The molecule has 0 unspecified atom stereocenters. The number of rotatable bonds is 10. The van der Waals surface area contributed by atoms with E-state index >= 15 is 0 Å². The lowest BCUT2D eigenvalue weighted by atomic mass is 10.1. The second-order valence-electron chi connectivity index (χ2n) is 7.52. The number of benzene rings is 1. The average molecular weight is 371 g/mol. The van der Waals surface area contributed by atoms with Gasteiger partial charge in [0.2, 0.25) is 5.91 Å². The van der Waals surface area contributed by atoms with E-state index in [0.29, 0.717) is 18.9 Å². The number of hydrogen-bond acceptors (Lipinski definition) is 3. The van der Waals surface area contributed by atoms with Crippen LogP contribution in [0.15, 0.2) is 30.3 Å². The second kappa shape index (κ2) is 10.1. The Morgan fingerprint density at radius 1 is 1.22 bits per heavy atom. The highest BCUT2D eigenvalue weighted by Gasteiger charge is 2.15. The van der Waals surface area contributed by atoms with E-state index in [9.17, 15) is 4.79 Å². The third-order valence-corrected chi connectivity index (χ3v) is 4.84. The van der Waals surface area contributed by atoms with Crippen LogP contribution in [0.25, 0.3) is 0 Å². The van der Waals surface area contributed by atoms with Crippen LogP contribution < -0.4 is 10.2 Å². The van der Waals surface area contributed by atoms with Crippen molar-refractivity contribution < 1.29 is 4.79 Å². The molecule has 1 N–H and O–H groups in total. The first kappa shape index (κ1) is 21.0. The maximum absolute atomic E-state index is 12.4. The van der Waals surface area contributed by atoms with Gasteiger partial charge in [-0.1, -0.05) is 32.0 Å². The summed E-state index contributed by atoms with van der Waals surface area (Å²) in [5.74, 6) is 0.615. The molecular weight excluding hydrogens is 336 g/mol. The minimum Gasteiger partial charge on any atom is -0.372 e. The smallest absolute Gasteiger partial charge is 0.224 e. The summed E-state index contributed by atoms with van der Waals surface area (Å²) in [7, 11) is 0. The first-order valence-electron chi connectivity index (χ1n) is 10.0. The Hall–Kier alpha value is -2.30. The molecule has 0 spiro atoms. The summed E-state index contributed by atoms with van der Waals surface area (Å²) in [5.41, 5.74) is 4.37. The molecular formula is C22H34N4O. The highest BCUT2D eigenvalue weighted by atomic mass is 16.1. The number of carbonyl (C=O) groups is 1. The molecule has 0 saturated carbocycles. The van der Waals surface area contributed by atoms with Crippen molar-refractivity contribution in [1.29, 1.82) is 0 Å². The SMILES string of the molecule is CCN(CCCNC(=O)Cc1c(C)nn(CC(C)C)c1C)c1ccccc1. The number of para-hydroxylation sites is 1. The van der Waals surface area contributed by atoms with Crippen LogP contribution in [-0.2, 0) is 17.8 Å². The topological polar surface area (TPSA) is 50.2 Å². The Labute approximate surface area is 163 Å². The number of aryl methyl sites for hydroxylation is 1. The maximum Gasteiger partial charge on any atom is 0.224 e. The van der Waals surface area contributed by atoms with Crippen LogP contribution in [-0.4, -0.2) is 35.3 Å². The minimum atomic E-state index is 0.0769. The standard InChI is InChI=1S/C22H34N4O/c1-6-25(20-11-8-7-9-12-20)14-10-13-23-22(27)15-21-18(4)24-26(19(21)5)16-17(2)3/h7-9,11-12,17H,6,10,13-16H2,1-5H3,(H,23,27). The highest BCUT2D eigenvalue weighted by Crippen LogP contribution is 2.15. The zero-order chi connectivity index (χ0) is 19.8. The van der Waals surface area contributed by atoms with Crippen LogP contribution in [0.5, 0.6) is 0 Å². The van der Waals surface area contributed by atoms with E-state index in [2.05, 4.69) is 67.3 Å². The molecule has 1 aromatic heterocycles. The molecule has 0 radical (unpaired) electrons. The summed E-state index contributed by atoms with van der Waals surface area (Å²) < 4.78 is 2.03. The van der Waals surface area contributed by atoms with Gasteiger partial charge in [0.1, 0.15) is 0 Å². The van der Waals surface area contributed by atoms with Crippen molar-refractivity contribution in [2.24, 2.45) is 5.92 Å². The molecule has 2 rings (SSSR count). The van der Waals surface area contributed by atoms with Crippen LogP contribution in [0.1, 0.15) is 44.1 Å². The highest BCUT2D eigenvalue weighted by molar-refractivity contribution is 5.79. The van der Waals surface area contributed by atoms with E-state index in [0.717, 1.165) is 43.0 Å². The number of aromatic nitrogens is 2. The minimum absolute atomic E-state index is 0.0769. The van der Waals surface area contributed by atoms with Crippen LogP contribution in [0.2, 0.25) is 0 Å². The van der Waals surface area contributed by atoms with Crippen molar-refractivity contribution in [3.05, 3.63) is 47.3 Å². The van der Waals surface area contributed by atoms with Crippen LogP contribution >= 0.6 is 0 Å². The normalized spacial score (nSPS) is 11.0. The van der Waals surface area contributed by atoms with Gasteiger partial charge in [-0.15, -0.1) is 0 Å². The summed E-state index contributed by atoms with van der Waals surface area (Å²) in [6.45, 7) is 14.1. The van der Waals surface area contributed by atoms with Gasteiger partial charge in [0.15, 0.2) is 0 Å². The predicted octanol–water partition coefficient (Wildman–Crippen LogP) is 3.73. The molecule has 0 aliphatic rings. The fourth-order valence-corrected chi connectivity index (χ4v) is 3.34. The monoisotopic (exact) mass is 370 g/mol. The number of amides is 1. The molecule has 5 nitrogen and oxygen atoms in total. The van der Waals surface area contributed by atoms with E-state index in [4.69, 9.17) is 0 Å². The number of anilines is 1. The maximum atomic E-state index is 12.4. The number of nitrogens with one attached hydrogen (secondary N) is 1. The number of carbonyl (C=O) groups excluding carboxylic acids is 1. The number of nitrogens with zero attached hydrogens (tertiary/aromatic N) is 3. The van der Waals surface area contributed by atoms with Gasteiger partial charge < -0.3 is 10.2 Å². The van der Waals surface area contributed by atoms with Crippen molar-refractivity contribution in [3.63, 3.8) is 0 Å². The lowest BCUT2D eigenvalue weighted by Gasteiger charge is -2.23. The van der Waals surface area contributed by atoms with Crippen molar-refractivity contribution in [2.75, 3.05) is 24.5 Å². The molecule has 1 aromatic carbocycles. The molecule has 0 aliphatic heterocycles. The van der Waals surface area contributed by atoms with E-state index < -0.39 is 0 Å². The largest absolute Gasteiger partial charge is 0.372 e. The Morgan fingerprint density at radius 2 is 1.93 bits per heavy atom. The quantitative estimate of drug-likeness (QED) is 0.648. The van der Waals surface area contributed by atoms with Crippen LogP contribution in [0.4, 0.5) is 5.69 Å². The van der Waals surface area contributed by atoms with Gasteiger partial charge in [-0.2, -0.15) is 5.10 Å². The van der Waals surface area contributed by atoms with Gasteiger partial charge in [0.25, 0.3) is 0 Å². The van der Waals surface area contributed by atoms with E-state index in [-0.39, 0.29) is 5.91 Å². The van der Waals surface area contributed by atoms with Crippen molar-refractivity contribution in [2.45, 2.75) is 54.0 Å². The average Bonchev–Trinajstić information content (AvgIpc) is 2.89. The van der Waals surface area contributed by atoms with Crippen molar-refractivity contribution in [3.8, 4) is 0 Å². The fourth-order valence-electron chi connectivity index (χ4n) is 3.34. The van der Waals surface area contributed by atoms with Gasteiger partial charge in [-0.05, 0) is 45.2 Å². The van der Waals surface area contributed by atoms with Crippen LogP contribution in [0.3, 0.4) is 0 Å².